The summed E-state index contributed by atoms with van der Waals surface area (Å²) in [5, 5.41) is 2.93. The van der Waals surface area contributed by atoms with Gasteiger partial charge in [0.25, 0.3) is 0 Å². The Hall–Kier alpha value is -1.03. The summed E-state index contributed by atoms with van der Waals surface area (Å²) >= 11 is 0. The van der Waals surface area contributed by atoms with Crippen molar-refractivity contribution in [3.8, 4) is 0 Å². The van der Waals surface area contributed by atoms with E-state index in [1.54, 1.807) is 0 Å². The molecule has 3 atom stereocenters. The normalized spacial score (nSPS) is 15.9. The minimum absolute atomic E-state index is 0.0790. The van der Waals surface area contributed by atoms with E-state index in [0.29, 0.717) is 12.5 Å². The van der Waals surface area contributed by atoms with Crippen LogP contribution in [0.4, 0.5) is 4.79 Å². The smallest absolute Gasteiger partial charge is 0.407 e. The molecule has 0 bridgehead atoms. The number of carbonyl (C=O) groups excluding carboxylic acids is 1. The number of carbonyl (C=O) groups is 1. The number of hydrogen-bond acceptors (Lipinski definition) is 3. The van der Waals surface area contributed by atoms with E-state index in [4.69, 9.17) is 9.47 Å². The molecule has 0 radical (unpaired) electrons. The summed E-state index contributed by atoms with van der Waals surface area (Å²) in [6.07, 6.45) is 3.64. The van der Waals surface area contributed by atoms with Gasteiger partial charge < -0.3 is 14.8 Å². The lowest BCUT2D eigenvalue weighted by Crippen LogP contribution is -2.46. The molecule has 0 heterocycles. The number of alkyl carbamates (subject to hydrolysis) is 1. The van der Waals surface area contributed by atoms with Gasteiger partial charge in [-0.25, -0.2) is 4.79 Å². The fourth-order valence-corrected chi connectivity index (χ4v) is 1.82. The predicted octanol–water partition coefficient (Wildman–Crippen LogP) is 4.15. The third kappa shape index (κ3) is 9.51. The Balaban J connectivity index is 4.56. The first kappa shape index (κ1) is 20.0. The maximum absolute atomic E-state index is 12.0. The summed E-state index contributed by atoms with van der Waals surface area (Å²) in [5.41, 5.74) is -0.495. The molecule has 0 aliphatic rings. The molecule has 0 aromatic heterocycles. The second-order valence-corrected chi connectivity index (χ2v) is 6.64. The van der Waals surface area contributed by atoms with Gasteiger partial charge in [-0.1, -0.05) is 33.3 Å². The lowest BCUT2D eigenvalue weighted by atomic mass is 9.89. The molecule has 1 amide bonds. The molecular weight excluding hydrogens is 266 g/mol. The van der Waals surface area contributed by atoms with E-state index in [2.05, 4.69) is 32.7 Å². The van der Waals surface area contributed by atoms with Crippen LogP contribution >= 0.6 is 0 Å². The highest BCUT2D eigenvalue weighted by molar-refractivity contribution is 5.68. The summed E-state index contributed by atoms with van der Waals surface area (Å²) in [7, 11) is 0. The quantitative estimate of drug-likeness (QED) is 0.514. The van der Waals surface area contributed by atoms with Gasteiger partial charge in [-0.15, -0.1) is 6.58 Å². The Bertz CT molecular complexity index is 310. The van der Waals surface area contributed by atoms with Crippen molar-refractivity contribution in [2.45, 2.75) is 66.0 Å². The topological polar surface area (TPSA) is 47.6 Å². The fraction of sp³-hybridized carbons (Fsp3) is 0.824. The Labute approximate surface area is 130 Å². The first-order valence-corrected chi connectivity index (χ1v) is 7.91. The van der Waals surface area contributed by atoms with Gasteiger partial charge in [0.05, 0.1) is 12.6 Å². The van der Waals surface area contributed by atoms with Gasteiger partial charge in [-0.3, -0.25) is 0 Å². The van der Waals surface area contributed by atoms with Gasteiger partial charge in [0.2, 0.25) is 0 Å². The summed E-state index contributed by atoms with van der Waals surface area (Å²) in [6, 6.07) is -0.0790. The van der Waals surface area contributed by atoms with Crippen LogP contribution in [0.25, 0.3) is 0 Å². The average molecular weight is 299 g/mol. The highest BCUT2D eigenvalue weighted by Gasteiger charge is 2.25. The van der Waals surface area contributed by atoms with Crippen molar-refractivity contribution in [2.24, 2.45) is 11.8 Å². The molecule has 124 valence electrons. The summed E-state index contributed by atoms with van der Waals surface area (Å²) in [4.78, 5) is 12.0. The SMILES string of the molecule is C=CC(C)C(C)[C@@H](COCCCC)NC(=O)OC(C)(C)C. The zero-order valence-electron chi connectivity index (χ0n) is 14.6. The van der Waals surface area contributed by atoms with Crippen LogP contribution in [-0.4, -0.2) is 30.9 Å². The molecule has 2 unspecified atom stereocenters. The molecule has 0 aliphatic carbocycles. The van der Waals surface area contributed by atoms with Crippen molar-refractivity contribution in [2.75, 3.05) is 13.2 Å². The lowest BCUT2D eigenvalue weighted by molar-refractivity contribution is 0.0379. The Kier molecular flexibility index (Phi) is 9.34. The van der Waals surface area contributed by atoms with Crippen LogP contribution in [0, 0.1) is 11.8 Å². The Morgan fingerprint density at radius 1 is 1.33 bits per heavy atom. The maximum Gasteiger partial charge on any atom is 0.407 e. The van der Waals surface area contributed by atoms with Gasteiger partial charge in [0, 0.05) is 6.61 Å². The largest absolute Gasteiger partial charge is 0.444 e. The molecule has 0 aromatic carbocycles. The number of nitrogens with one attached hydrogen (secondary N) is 1. The van der Waals surface area contributed by atoms with Crippen molar-refractivity contribution >= 4 is 6.09 Å². The number of hydrogen-bond donors (Lipinski definition) is 1. The van der Waals surface area contributed by atoms with Gasteiger partial charge in [0.1, 0.15) is 5.60 Å². The molecular formula is C17H33NO3. The standard InChI is InChI=1S/C17H33NO3/c1-8-10-11-20-12-15(14(4)13(3)9-2)18-16(19)21-17(5,6)7/h9,13-15H,2,8,10-12H2,1,3-7H3,(H,18,19)/t13?,14?,15-/m1/s1. The minimum Gasteiger partial charge on any atom is -0.444 e. The third-order valence-corrected chi connectivity index (χ3v) is 3.48. The van der Waals surface area contributed by atoms with Crippen LogP contribution in [0.5, 0.6) is 0 Å². The van der Waals surface area contributed by atoms with Crippen molar-refractivity contribution in [1.82, 2.24) is 5.32 Å². The summed E-state index contributed by atoms with van der Waals surface area (Å²) in [5.74, 6) is 0.524. The van der Waals surface area contributed by atoms with Gasteiger partial charge in [0.15, 0.2) is 0 Å². The molecule has 0 saturated heterocycles. The van der Waals surface area contributed by atoms with Crippen LogP contribution in [0.3, 0.4) is 0 Å². The first-order valence-electron chi connectivity index (χ1n) is 7.91. The number of unbranched alkanes of at least 4 members (excludes halogenated alkanes) is 1. The van der Waals surface area contributed by atoms with Crippen molar-refractivity contribution in [1.29, 1.82) is 0 Å². The van der Waals surface area contributed by atoms with Crippen LogP contribution in [0.1, 0.15) is 54.4 Å². The molecule has 0 aromatic rings. The molecule has 21 heavy (non-hydrogen) atoms. The number of rotatable bonds is 9. The molecule has 0 aliphatic heterocycles. The monoisotopic (exact) mass is 299 g/mol. The van der Waals surface area contributed by atoms with E-state index in [9.17, 15) is 4.79 Å². The molecule has 4 nitrogen and oxygen atoms in total. The van der Waals surface area contributed by atoms with Crippen molar-refractivity contribution < 1.29 is 14.3 Å². The molecule has 0 saturated carbocycles. The Morgan fingerprint density at radius 3 is 2.43 bits per heavy atom. The number of ether oxygens (including phenoxy) is 2. The van der Waals surface area contributed by atoms with Gasteiger partial charge in [-0.2, -0.15) is 0 Å². The van der Waals surface area contributed by atoms with Crippen molar-refractivity contribution in [3.63, 3.8) is 0 Å². The summed E-state index contributed by atoms with van der Waals surface area (Å²) in [6.45, 7) is 16.9. The lowest BCUT2D eigenvalue weighted by Gasteiger charge is -2.29. The summed E-state index contributed by atoms with van der Waals surface area (Å²) < 4.78 is 11.0. The van der Waals surface area contributed by atoms with Crippen LogP contribution in [0.2, 0.25) is 0 Å². The zero-order chi connectivity index (χ0) is 16.5. The molecule has 0 spiro atoms. The molecule has 0 fully saturated rings. The molecule has 1 N–H and O–H groups in total. The second kappa shape index (κ2) is 9.82. The Morgan fingerprint density at radius 2 is 1.95 bits per heavy atom. The first-order chi connectivity index (χ1) is 9.71. The van der Waals surface area contributed by atoms with Crippen LogP contribution in [0.15, 0.2) is 12.7 Å². The van der Waals surface area contributed by atoms with E-state index in [-0.39, 0.29) is 12.0 Å². The van der Waals surface area contributed by atoms with E-state index >= 15 is 0 Å². The van der Waals surface area contributed by atoms with Gasteiger partial charge >= 0.3 is 6.09 Å². The second-order valence-electron chi connectivity index (χ2n) is 6.64. The van der Waals surface area contributed by atoms with Crippen LogP contribution in [-0.2, 0) is 9.47 Å². The van der Waals surface area contributed by atoms with Crippen LogP contribution < -0.4 is 5.32 Å². The minimum atomic E-state index is -0.495. The van der Waals surface area contributed by atoms with E-state index < -0.39 is 11.7 Å². The third-order valence-electron chi connectivity index (χ3n) is 3.48. The van der Waals surface area contributed by atoms with E-state index in [0.717, 1.165) is 19.4 Å². The zero-order valence-corrected chi connectivity index (χ0v) is 14.6. The highest BCUT2D eigenvalue weighted by atomic mass is 16.6. The van der Waals surface area contributed by atoms with Crippen molar-refractivity contribution in [3.05, 3.63) is 12.7 Å². The maximum atomic E-state index is 12.0. The highest BCUT2D eigenvalue weighted by Crippen LogP contribution is 2.17. The predicted molar refractivity (Wildman–Crippen MR) is 87.4 cm³/mol. The average Bonchev–Trinajstić information content (AvgIpc) is 2.38. The molecule has 0 rings (SSSR count). The number of amides is 1. The van der Waals surface area contributed by atoms with Gasteiger partial charge in [-0.05, 0) is 39.0 Å². The van der Waals surface area contributed by atoms with E-state index in [1.807, 2.05) is 26.8 Å². The molecule has 4 heteroatoms. The fourth-order valence-electron chi connectivity index (χ4n) is 1.82. The number of allylic oxidation sites excluding steroid dienone is 1. The van der Waals surface area contributed by atoms with E-state index in [1.165, 1.54) is 0 Å².